The summed E-state index contributed by atoms with van der Waals surface area (Å²) in [6, 6.07) is 5.82. The molecule has 1 fully saturated rings. The number of nitrogens with zero attached hydrogens (tertiary/aromatic N) is 1. The summed E-state index contributed by atoms with van der Waals surface area (Å²) in [7, 11) is -3.62. The van der Waals surface area contributed by atoms with Crippen molar-refractivity contribution in [2.45, 2.75) is 24.7 Å². The lowest BCUT2D eigenvalue weighted by Gasteiger charge is -2.16. The Morgan fingerprint density at radius 3 is 2.50 bits per heavy atom. The highest BCUT2D eigenvalue weighted by Crippen LogP contribution is 2.26. The van der Waals surface area contributed by atoms with E-state index >= 15 is 0 Å². The molecule has 1 aliphatic rings. The molecule has 1 saturated heterocycles. The highest BCUT2D eigenvalue weighted by Gasteiger charge is 2.35. The second kappa shape index (κ2) is 7.14. The average Bonchev–Trinajstić information content (AvgIpc) is 2.89. The molecule has 7 nitrogen and oxygen atoms in total. The van der Waals surface area contributed by atoms with Gasteiger partial charge in [-0.05, 0) is 37.6 Å². The minimum absolute atomic E-state index is 0.0438. The first-order valence-corrected chi connectivity index (χ1v) is 8.96. The summed E-state index contributed by atoms with van der Waals surface area (Å²) in [4.78, 5) is 24.3. The molecule has 1 aliphatic heterocycles. The zero-order valence-electron chi connectivity index (χ0n) is 13.4. The fraction of sp³-hybridized carbons (Fsp3) is 0.375. The second-order valence-electron chi connectivity index (χ2n) is 5.84. The van der Waals surface area contributed by atoms with Gasteiger partial charge in [0.25, 0.3) is 0 Å². The molecule has 1 amide bonds. The Kier molecular flexibility index (Phi) is 5.40. The minimum atomic E-state index is -3.62. The van der Waals surface area contributed by atoms with Gasteiger partial charge in [-0.2, -0.15) is 0 Å². The van der Waals surface area contributed by atoms with Crippen LogP contribution >= 0.6 is 0 Å². The van der Waals surface area contributed by atoms with Crippen LogP contribution < -0.4 is 9.62 Å². The smallest absolute Gasteiger partial charge is 0.308 e. The first kappa shape index (κ1) is 18.2. The molecule has 2 N–H and O–H groups in total. The number of hydrogen-bond donors (Lipinski definition) is 2. The van der Waals surface area contributed by atoms with Crippen LogP contribution in [0.2, 0.25) is 0 Å². The number of rotatable bonds is 7. The van der Waals surface area contributed by atoms with E-state index < -0.39 is 21.9 Å². The molecular formula is C16H20N2O5S. The monoisotopic (exact) mass is 352 g/mol. The lowest BCUT2D eigenvalue weighted by Crippen LogP contribution is -2.26. The van der Waals surface area contributed by atoms with Gasteiger partial charge in [-0.1, -0.05) is 5.57 Å². The molecule has 0 saturated carbocycles. The van der Waals surface area contributed by atoms with Crippen LogP contribution in [-0.4, -0.2) is 38.5 Å². The molecule has 1 atom stereocenters. The van der Waals surface area contributed by atoms with Crippen LogP contribution in [0.3, 0.4) is 0 Å². The number of hydrogen-bond acceptors (Lipinski definition) is 4. The van der Waals surface area contributed by atoms with Crippen LogP contribution in [0.5, 0.6) is 0 Å². The molecule has 130 valence electrons. The molecule has 1 heterocycles. The minimum Gasteiger partial charge on any atom is -0.481 e. The van der Waals surface area contributed by atoms with Gasteiger partial charge < -0.3 is 10.0 Å². The van der Waals surface area contributed by atoms with Crippen LogP contribution in [0.1, 0.15) is 19.8 Å². The van der Waals surface area contributed by atoms with Crippen LogP contribution in [0, 0.1) is 5.92 Å². The number of carboxylic acid groups (broad SMARTS) is 1. The molecule has 8 heteroatoms. The topological polar surface area (TPSA) is 104 Å². The van der Waals surface area contributed by atoms with Crippen molar-refractivity contribution >= 4 is 27.6 Å². The predicted octanol–water partition coefficient (Wildman–Crippen LogP) is 1.37. The van der Waals surface area contributed by atoms with Crippen LogP contribution in [-0.2, 0) is 19.6 Å². The van der Waals surface area contributed by atoms with Crippen LogP contribution in [0.25, 0.3) is 0 Å². The molecular weight excluding hydrogens is 332 g/mol. The maximum absolute atomic E-state index is 12.2. The lowest BCUT2D eigenvalue weighted by molar-refractivity contribution is -0.141. The van der Waals surface area contributed by atoms with E-state index in [1.807, 2.05) is 6.92 Å². The van der Waals surface area contributed by atoms with Gasteiger partial charge in [-0.15, -0.1) is 6.58 Å². The molecule has 2 rings (SSSR count). The first-order valence-electron chi connectivity index (χ1n) is 7.48. The van der Waals surface area contributed by atoms with Crippen molar-refractivity contribution in [3.05, 3.63) is 36.4 Å². The fourth-order valence-electron chi connectivity index (χ4n) is 2.41. The van der Waals surface area contributed by atoms with Crippen molar-refractivity contribution in [1.29, 1.82) is 0 Å². The Hall–Kier alpha value is -2.19. The standard InChI is InChI=1S/C16H20N2O5S/c1-11(2)7-8-17-24(22,23)14-5-3-13(4-6-14)18-10-12(16(20)21)9-15(18)19/h3-6,12,17H,1,7-10H2,2H3,(H,20,21). The highest BCUT2D eigenvalue weighted by atomic mass is 32.2. The van der Waals surface area contributed by atoms with Gasteiger partial charge in [0.05, 0.1) is 10.8 Å². The van der Waals surface area contributed by atoms with Crippen molar-refractivity contribution in [1.82, 2.24) is 4.72 Å². The summed E-state index contributed by atoms with van der Waals surface area (Å²) in [5.74, 6) is -2.02. The number of nitrogens with one attached hydrogen (secondary N) is 1. The molecule has 24 heavy (non-hydrogen) atoms. The van der Waals surface area contributed by atoms with E-state index in [2.05, 4.69) is 11.3 Å². The highest BCUT2D eigenvalue weighted by molar-refractivity contribution is 7.89. The Morgan fingerprint density at radius 1 is 1.38 bits per heavy atom. The van der Waals surface area contributed by atoms with E-state index in [-0.39, 0.29) is 30.3 Å². The second-order valence-corrected chi connectivity index (χ2v) is 7.61. The fourth-order valence-corrected chi connectivity index (χ4v) is 3.44. The third-order valence-corrected chi connectivity index (χ3v) is 5.25. The van der Waals surface area contributed by atoms with Gasteiger partial charge in [0.2, 0.25) is 15.9 Å². The number of aliphatic carboxylic acids is 1. The van der Waals surface area contributed by atoms with Gasteiger partial charge in [-0.25, -0.2) is 13.1 Å². The number of anilines is 1. The molecule has 1 unspecified atom stereocenters. The zero-order chi connectivity index (χ0) is 17.9. The first-order chi connectivity index (χ1) is 11.2. The van der Waals surface area contributed by atoms with Crippen molar-refractivity contribution in [2.75, 3.05) is 18.0 Å². The number of benzene rings is 1. The molecule has 1 aromatic rings. The molecule has 0 bridgehead atoms. The van der Waals surface area contributed by atoms with E-state index in [0.29, 0.717) is 12.1 Å². The van der Waals surface area contributed by atoms with Crippen molar-refractivity contribution in [3.8, 4) is 0 Å². The number of carbonyl (C=O) groups is 2. The molecule has 0 aromatic heterocycles. The van der Waals surface area contributed by atoms with Gasteiger partial charge in [-0.3, -0.25) is 9.59 Å². The quantitative estimate of drug-likeness (QED) is 0.721. The van der Waals surface area contributed by atoms with Crippen molar-refractivity contribution in [3.63, 3.8) is 0 Å². The predicted molar refractivity (Wildman–Crippen MR) is 89.2 cm³/mol. The van der Waals surface area contributed by atoms with Gasteiger partial charge in [0.15, 0.2) is 0 Å². The Bertz CT molecular complexity index is 755. The summed E-state index contributed by atoms with van der Waals surface area (Å²) in [6.45, 7) is 5.90. The number of sulfonamides is 1. The zero-order valence-corrected chi connectivity index (χ0v) is 14.2. The normalized spacial score (nSPS) is 18.0. The lowest BCUT2D eigenvalue weighted by atomic mass is 10.1. The largest absolute Gasteiger partial charge is 0.481 e. The van der Waals surface area contributed by atoms with Crippen molar-refractivity contribution < 1.29 is 23.1 Å². The third kappa shape index (κ3) is 4.21. The average molecular weight is 352 g/mol. The van der Waals surface area contributed by atoms with E-state index in [0.717, 1.165) is 5.57 Å². The summed E-state index contributed by atoms with van der Waals surface area (Å²) in [5, 5.41) is 9.00. The Morgan fingerprint density at radius 2 is 2.00 bits per heavy atom. The van der Waals surface area contributed by atoms with E-state index in [1.165, 1.54) is 29.2 Å². The van der Waals surface area contributed by atoms with E-state index in [9.17, 15) is 18.0 Å². The SMILES string of the molecule is C=C(C)CCNS(=O)(=O)c1ccc(N2CC(C(=O)O)CC2=O)cc1. The van der Waals surface area contributed by atoms with Crippen molar-refractivity contribution in [2.24, 2.45) is 5.92 Å². The molecule has 0 spiro atoms. The Labute approximate surface area is 141 Å². The van der Waals surface area contributed by atoms with Crippen LogP contribution in [0.15, 0.2) is 41.3 Å². The van der Waals surface area contributed by atoms with E-state index in [4.69, 9.17) is 5.11 Å². The summed E-state index contributed by atoms with van der Waals surface area (Å²) in [5.41, 5.74) is 1.37. The molecule has 1 aromatic carbocycles. The number of amides is 1. The Balaban J connectivity index is 2.09. The van der Waals surface area contributed by atoms with Gasteiger partial charge >= 0.3 is 5.97 Å². The number of carbonyl (C=O) groups excluding carboxylic acids is 1. The maximum atomic E-state index is 12.2. The third-order valence-electron chi connectivity index (χ3n) is 3.78. The summed E-state index contributed by atoms with van der Waals surface area (Å²) < 4.78 is 26.8. The summed E-state index contributed by atoms with van der Waals surface area (Å²) >= 11 is 0. The molecule has 0 aliphatic carbocycles. The van der Waals surface area contributed by atoms with Gasteiger partial charge in [0, 0.05) is 25.2 Å². The van der Waals surface area contributed by atoms with E-state index in [1.54, 1.807) is 0 Å². The van der Waals surface area contributed by atoms with Crippen LogP contribution in [0.4, 0.5) is 5.69 Å². The number of carboxylic acids is 1. The van der Waals surface area contributed by atoms with Gasteiger partial charge in [0.1, 0.15) is 0 Å². The molecule has 0 radical (unpaired) electrons. The summed E-state index contributed by atoms with van der Waals surface area (Å²) in [6.07, 6.45) is 0.508. The maximum Gasteiger partial charge on any atom is 0.308 e.